The number of thiocarbonyl (C=S) groups is 1. The fraction of sp³-hybridized carbons (Fsp3) is 0.250. The number of methoxy groups -OCH3 is 1. The monoisotopic (exact) mass is 573 g/mol. The largest absolute Gasteiger partial charge is 0.490 e. The van der Waals surface area contributed by atoms with Crippen LogP contribution in [0.25, 0.3) is 0 Å². The molecule has 0 bridgehead atoms. The van der Waals surface area contributed by atoms with Crippen molar-refractivity contribution in [3.8, 4) is 11.5 Å². The van der Waals surface area contributed by atoms with Gasteiger partial charge in [0.05, 0.1) is 11.1 Å². The van der Waals surface area contributed by atoms with Gasteiger partial charge in [-0.1, -0.05) is 15.9 Å². The number of rotatable bonds is 8. The fourth-order valence-corrected chi connectivity index (χ4v) is 3.10. The molecule has 166 valence electrons. The zero-order chi connectivity index (χ0) is 22.8. The number of carbonyl (C=O) groups is 2. The first-order chi connectivity index (χ1) is 14.8. The van der Waals surface area contributed by atoms with Gasteiger partial charge in [-0.2, -0.15) is 0 Å². The second-order valence-corrected chi connectivity index (χ2v) is 8.26. The number of amides is 2. The molecular weight excluding hydrogens is 554 g/mol. The molecule has 0 unspecified atom stereocenters. The van der Waals surface area contributed by atoms with Crippen LogP contribution >= 0.6 is 44.1 Å². The quantitative estimate of drug-likeness (QED) is 0.253. The molecule has 11 heteroatoms. The maximum Gasteiger partial charge on any atom is 0.276 e. The molecule has 0 aromatic heterocycles. The van der Waals surface area contributed by atoms with Crippen LogP contribution in [0.1, 0.15) is 15.9 Å². The number of hydrazine groups is 1. The third-order valence-electron chi connectivity index (χ3n) is 3.78. The molecule has 0 spiro atoms. The van der Waals surface area contributed by atoms with Crippen molar-refractivity contribution in [1.29, 1.82) is 0 Å². The molecule has 3 N–H and O–H groups in total. The normalized spacial score (nSPS) is 10.2. The maximum atomic E-state index is 12.3. The van der Waals surface area contributed by atoms with Crippen LogP contribution in [-0.2, 0) is 9.53 Å². The highest BCUT2D eigenvalue weighted by Crippen LogP contribution is 2.26. The Morgan fingerprint density at radius 3 is 2.45 bits per heavy atom. The molecule has 0 radical (unpaired) electrons. The summed E-state index contributed by atoms with van der Waals surface area (Å²) in [6, 6.07) is 10.2. The van der Waals surface area contributed by atoms with E-state index in [1.165, 1.54) is 0 Å². The van der Waals surface area contributed by atoms with Gasteiger partial charge in [0.2, 0.25) is 0 Å². The molecule has 2 rings (SSSR count). The molecule has 2 aromatic carbocycles. The highest BCUT2D eigenvalue weighted by molar-refractivity contribution is 9.10. The van der Waals surface area contributed by atoms with Gasteiger partial charge in [-0.3, -0.25) is 25.8 Å². The summed E-state index contributed by atoms with van der Waals surface area (Å²) in [6.07, 6.45) is 0. The Balaban J connectivity index is 1.77. The predicted molar refractivity (Wildman–Crippen MR) is 127 cm³/mol. The van der Waals surface area contributed by atoms with Crippen LogP contribution in [0.4, 0.5) is 0 Å². The lowest BCUT2D eigenvalue weighted by atomic mass is 10.2. The summed E-state index contributed by atoms with van der Waals surface area (Å²) in [5.74, 6) is 0.240. The Bertz CT molecular complexity index is 958. The molecule has 0 aliphatic rings. The molecule has 0 saturated heterocycles. The molecule has 2 amide bonds. The summed E-state index contributed by atoms with van der Waals surface area (Å²) < 4.78 is 17.4. The van der Waals surface area contributed by atoms with Gasteiger partial charge in [0, 0.05) is 17.1 Å². The van der Waals surface area contributed by atoms with E-state index in [2.05, 4.69) is 48.0 Å². The van der Waals surface area contributed by atoms with E-state index in [9.17, 15) is 9.59 Å². The van der Waals surface area contributed by atoms with E-state index in [0.29, 0.717) is 34.7 Å². The van der Waals surface area contributed by atoms with E-state index in [0.717, 1.165) is 10.0 Å². The van der Waals surface area contributed by atoms with Gasteiger partial charge < -0.3 is 14.2 Å². The minimum atomic E-state index is -0.461. The lowest BCUT2D eigenvalue weighted by Gasteiger charge is -2.12. The van der Waals surface area contributed by atoms with Crippen LogP contribution in [0.15, 0.2) is 45.3 Å². The van der Waals surface area contributed by atoms with Crippen LogP contribution in [-0.4, -0.2) is 43.9 Å². The highest BCUT2D eigenvalue weighted by Gasteiger charge is 2.12. The third kappa shape index (κ3) is 8.44. The lowest BCUT2D eigenvalue weighted by Crippen LogP contribution is -2.49. The summed E-state index contributed by atoms with van der Waals surface area (Å²) in [7, 11) is 1.58. The van der Waals surface area contributed by atoms with Crippen LogP contribution in [0, 0.1) is 6.92 Å². The van der Waals surface area contributed by atoms with Gasteiger partial charge in [0.25, 0.3) is 11.8 Å². The van der Waals surface area contributed by atoms with Crippen LogP contribution in [0.3, 0.4) is 0 Å². The van der Waals surface area contributed by atoms with Gasteiger partial charge in [0.15, 0.2) is 11.7 Å². The molecule has 31 heavy (non-hydrogen) atoms. The SMILES string of the molecule is COCCOc1ccc(C(=O)NC(=S)NNC(=O)COc2ccc(Br)c(C)c2)cc1Br. The Labute approximate surface area is 202 Å². The maximum absolute atomic E-state index is 12.3. The summed E-state index contributed by atoms with van der Waals surface area (Å²) in [5, 5.41) is 2.42. The Hall–Kier alpha value is -2.21. The first-order valence-corrected chi connectivity index (χ1v) is 11.0. The Morgan fingerprint density at radius 2 is 1.77 bits per heavy atom. The minimum absolute atomic E-state index is 0.0608. The summed E-state index contributed by atoms with van der Waals surface area (Å²) in [6.45, 7) is 2.54. The topological polar surface area (TPSA) is 97.9 Å². The zero-order valence-electron chi connectivity index (χ0n) is 16.8. The number of nitrogens with one attached hydrogen (secondary N) is 3. The fourth-order valence-electron chi connectivity index (χ4n) is 2.22. The second-order valence-electron chi connectivity index (χ2n) is 6.14. The van der Waals surface area contributed by atoms with Gasteiger partial charge in [0.1, 0.15) is 18.1 Å². The molecular formula is C20H21Br2N3O5S. The van der Waals surface area contributed by atoms with Crippen molar-refractivity contribution in [3.63, 3.8) is 0 Å². The molecule has 2 aromatic rings. The van der Waals surface area contributed by atoms with Crippen molar-refractivity contribution >= 4 is 61.0 Å². The van der Waals surface area contributed by atoms with Crippen molar-refractivity contribution < 1.29 is 23.8 Å². The first-order valence-electron chi connectivity index (χ1n) is 9.00. The second kappa shape index (κ2) is 12.6. The van der Waals surface area contributed by atoms with Crippen LogP contribution in [0.2, 0.25) is 0 Å². The first kappa shape index (κ1) is 25.1. The van der Waals surface area contributed by atoms with E-state index in [1.54, 1.807) is 31.4 Å². The molecule has 8 nitrogen and oxygen atoms in total. The minimum Gasteiger partial charge on any atom is -0.490 e. The van der Waals surface area contributed by atoms with Crippen molar-refractivity contribution in [2.24, 2.45) is 0 Å². The average molecular weight is 575 g/mol. The van der Waals surface area contributed by atoms with Crippen molar-refractivity contribution in [2.45, 2.75) is 6.92 Å². The van der Waals surface area contributed by atoms with Crippen molar-refractivity contribution in [2.75, 3.05) is 26.9 Å². The van der Waals surface area contributed by atoms with Crippen LogP contribution in [0.5, 0.6) is 11.5 Å². The lowest BCUT2D eigenvalue weighted by molar-refractivity contribution is -0.123. The standard InChI is InChI=1S/C20H21Br2N3O5S/c1-12-9-14(4-5-15(12)21)30-11-18(26)24-25-20(31)23-19(27)13-3-6-17(16(22)10-13)29-8-7-28-2/h3-6,9-10H,7-8,11H2,1-2H3,(H,24,26)(H2,23,25,27,31). The van der Waals surface area contributed by atoms with Crippen LogP contribution < -0.4 is 25.6 Å². The number of halogens is 2. The number of benzene rings is 2. The van der Waals surface area contributed by atoms with Gasteiger partial charge >= 0.3 is 0 Å². The molecule has 0 aliphatic heterocycles. The molecule has 0 saturated carbocycles. The predicted octanol–water partition coefficient (Wildman–Crippen LogP) is 3.26. The van der Waals surface area contributed by atoms with Crippen molar-refractivity contribution in [1.82, 2.24) is 16.2 Å². The van der Waals surface area contributed by atoms with E-state index in [4.69, 9.17) is 26.4 Å². The third-order valence-corrected chi connectivity index (χ3v) is 5.49. The summed E-state index contributed by atoms with van der Waals surface area (Å²) in [5.41, 5.74) is 6.17. The number of hydrogen-bond acceptors (Lipinski definition) is 6. The van der Waals surface area contributed by atoms with E-state index < -0.39 is 11.8 Å². The molecule has 0 aliphatic carbocycles. The van der Waals surface area contributed by atoms with Gasteiger partial charge in [-0.15, -0.1) is 0 Å². The molecule has 0 fully saturated rings. The summed E-state index contributed by atoms with van der Waals surface area (Å²) in [4.78, 5) is 24.2. The average Bonchev–Trinajstić information content (AvgIpc) is 2.74. The number of ether oxygens (including phenoxy) is 3. The number of hydrogen-bond donors (Lipinski definition) is 3. The Morgan fingerprint density at radius 1 is 1.00 bits per heavy atom. The molecule has 0 heterocycles. The summed E-state index contributed by atoms with van der Waals surface area (Å²) >= 11 is 11.8. The van der Waals surface area contributed by atoms with E-state index >= 15 is 0 Å². The van der Waals surface area contributed by atoms with E-state index in [-0.39, 0.29) is 11.7 Å². The zero-order valence-corrected chi connectivity index (χ0v) is 20.8. The highest BCUT2D eigenvalue weighted by atomic mass is 79.9. The number of aryl methyl sites for hydroxylation is 1. The smallest absolute Gasteiger partial charge is 0.276 e. The van der Waals surface area contributed by atoms with Crippen molar-refractivity contribution in [3.05, 3.63) is 56.5 Å². The van der Waals surface area contributed by atoms with Gasteiger partial charge in [-0.25, -0.2) is 0 Å². The molecule has 0 atom stereocenters. The van der Waals surface area contributed by atoms with Gasteiger partial charge in [-0.05, 0) is 77.0 Å². The van der Waals surface area contributed by atoms with E-state index in [1.807, 2.05) is 19.1 Å². The number of carbonyl (C=O) groups excluding carboxylic acids is 2. The Kier molecular flexibility index (Phi) is 10.2.